The summed E-state index contributed by atoms with van der Waals surface area (Å²) in [5.41, 5.74) is 0.940. The summed E-state index contributed by atoms with van der Waals surface area (Å²) in [5.74, 6) is 5.46. The maximum absolute atomic E-state index is 11.0. The number of aliphatic carboxylic acids is 1. The molecule has 3 heteroatoms. The van der Waals surface area contributed by atoms with Crippen molar-refractivity contribution in [1.29, 1.82) is 0 Å². The average molecular weight is 245 g/mol. The first kappa shape index (κ1) is 14.3. The molecule has 1 aromatic rings. The minimum atomic E-state index is -0.815. The number of carboxylic acids is 1. The standard InChI is InChI=1S/C15H19NO2/c1-12(2)11-14(15(17)18)16-10-6-9-13-7-4-3-5-8-13/h3-5,7-8,12,14,16H,10-11H2,1-2H3,(H,17,18). The van der Waals surface area contributed by atoms with E-state index in [1.807, 2.05) is 44.2 Å². The molecule has 0 fully saturated rings. The topological polar surface area (TPSA) is 49.3 Å². The third-order valence-electron chi connectivity index (χ3n) is 2.45. The van der Waals surface area contributed by atoms with Crippen LogP contribution < -0.4 is 5.32 Å². The lowest BCUT2D eigenvalue weighted by Crippen LogP contribution is -2.37. The minimum Gasteiger partial charge on any atom is -0.480 e. The van der Waals surface area contributed by atoms with Gasteiger partial charge in [0.15, 0.2) is 0 Å². The molecule has 0 aliphatic carbocycles. The van der Waals surface area contributed by atoms with Crippen molar-refractivity contribution in [1.82, 2.24) is 5.32 Å². The molecular weight excluding hydrogens is 226 g/mol. The zero-order valence-corrected chi connectivity index (χ0v) is 10.8. The van der Waals surface area contributed by atoms with E-state index in [1.165, 1.54) is 0 Å². The Hall–Kier alpha value is -1.79. The van der Waals surface area contributed by atoms with E-state index >= 15 is 0 Å². The van der Waals surface area contributed by atoms with Gasteiger partial charge in [0.1, 0.15) is 6.04 Å². The van der Waals surface area contributed by atoms with E-state index in [4.69, 9.17) is 5.11 Å². The van der Waals surface area contributed by atoms with Crippen LogP contribution in [0, 0.1) is 17.8 Å². The second-order valence-electron chi connectivity index (χ2n) is 4.57. The molecule has 1 rings (SSSR count). The van der Waals surface area contributed by atoms with Gasteiger partial charge in [-0.1, -0.05) is 43.9 Å². The molecule has 0 radical (unpaired) electrons. The van der Waals surface area contributed by atoms with Crippen LogP contribution in [-0.2, 0) is 4.79 Å². The van der Waals surface area contributed by atoms with Gasteiger partial charge in [-0.05, 0) is 24.5 Å². The zero-order chi connectivity index (χ0) is 13.4. The van der Waals surface area contributed by atoms with Gasteiger partial charge in [0.2, 0.25) is 0 Å². The highest BCUT2D eigenvalue weighted by atomic mass is 16.4. The zero-order valence-electron chi connectivity index (χ0n) is 10.8. The van der Waals surface area contributed by atoms with E-state index in [0.717, 1.165) is 5.56 Å². The minimum absolute atomic E-state index is 0.348. The average Bonchev–Trinajstić information content (AvgIpc) is 2.33. The first-order valence-corrected chi connectivity index (χ1v) is 6.09. The highest BCUT2D eigenvalue weighted by Gasteiger charge is 2.16. The SMILES string of the molecule is CC(C)CC(NCC#Cc1ccccc1)C(=O)O. The summed E-state index contributed by atoms with van der Waals surface area (Å²) in [6, 6.07) is 9.13. The van der Waals surface area contributed by atoms with Crippen LogP contribution in [0.25, 0.3) is 0 Å². The summed E-state index contributed by atoms with van der Waals surface area (Å²) in [7, 11) is 0. The molecule has 0 aliphatic heterocycles. The first-order chi connectivity index (χ1) is 8.59. The molecule has 2 N–H and O–H groups in total. The fourth-order valence-electron chi connectivity index (χ4n) is 1.58. The largest absolute Gasteiger partial charge is 0.480 e. The van der Waals surface area contributed by atoms with Gasteiger partial charge < -0.3 is 5.11 Å². The summed E-state index contributed by atoms with van der Waals surface area (Å²) < 4.78 is 0. The Labute approximate surface area is 108 Å². The molecule has 96 valence electrons. The van der Waals surface area contributed by atoms with Crippen LogP contribution in [0.4, 0.5) is 0 Å². The van der Waals surface area contributed by atoms with Crippen molar-refractivity contribution in [2.24, 2.45) is 5.92 Å². The lowest BCUT2D eigenvalue weighted by atomic mass is 10.0. The van der Waals surface area contributed by atoms with E-state index < -0.39 is 12.0 Å². The molecule has 1 unspecified atom stereocenters. The van der Waals surface area contributed by atoms with Crippen molar-refractivity contribution < 1.29 is 9.90 Å². The van der Waals surface area contributed by atoms with Crippen molar-refractivity contribution in [3.05, 3.63) is 35.9 Å². The summed E-state index contributed by atoms with van der Waals surface area (Å²) in [6.45, 7) is 4.40. The second kappa shape index (κ2) is 7.52. The molecule has 0 heterocycles. The number of hydrogen-bond acceptors (Lipinski definition) is 2. The summed E-state index contributed by atoms with van der Waals surface area (Å²) >= 11 is 0. The summed E-state index contributed by atoms with van der Waals surface area (Å²) in [6.07, 6.45) is 0.613. The Morgan fingerprint density at radius 1 is 1.33 bits per heavy atom. The molecule has 0 bridgehead atoms. The van der Waals surface area contributed by atoms with Crippen molar-refractivity contribution in [2.45, 2.75) is 26.3 Å². The molecule has 1 atom stereocenters. The van der Waals surface area contributed by atoms with Gasteiger partial charge in [0.25, 0.3) is 0 Å². The number of nitrogens with one attached hydrogen (secondary N) is 1. The van der Waals surface area contributed by atoms with Gasteiger partial charge >= 0.3 is 5.97 Å². The molecule has 3 nitrogen and oxygen atoms in total. The van der Waals surface area contributed by atoms with E-state index in [-0.39, 0.29) is 0 Å². The van der Waals surface area contributed by atoms with Gasteiger partial charge in [-0.3, -0.25) is 10.1 Å². The van der Waals surface area contributed by atoms with E-state index in [0.29, 0.717) is 18.9 Å². The first-order valence-electron chi connectivity index (χ1n) is 6.09. The van der Waals surface area contributed by atoms with Crippen LogP contribution in [0.5, 0.6) is 0 Å². The maximum atomic E-state index is 11.0. The van der Waals surface area contributed by atoms with Gasteiger partial charge in [-0.2, -0.15) is 0 Å². The van der Waals surface area contributed by atoms with Crippen LogP contribution in [-0.4, -0.2) is 23.7 Å². The third kappa shape index (κ3) is 5.51. The van der Waals surface area contributed by atoms with Crippen LogP contribution in [0.1, 0.15) is 25.8 Å². The normalized spacial score (nSPS) is 11.7. The molecule has 0 saturated carbocycles. The highest BCUT2D eigenvalue weighted by molar-refractivity contribution is 5.73. The Balaban J connectivity index is 2.44. The molecule has 0 spiro atoms. The van der Waals surface area contributed by atoms with Crippen LogP contribution >= 0.6 is 0 Å². The van der Waals surface area contributed by atoms with Crippen LogP contribution in [0.2, 0.25) is 0 Å². The number of rotatable bonds is 5. The van der Waals surface area contributed by atoms with Crippen molar-refractivity contribution >= 4 is 5.97 Å². The monoisotopic (exact) mass is 245 g/mol. The van der Waals surface area contributed by atoms with Crippen molar-refractivity contribution in [3.8, 4) is 11.8 Å². The Kier molecular flexibility index (Phi) is 5.96. The summed E-state index contributed by atoms with van der Waals surface area (Å²) in [4.78, 5) is 11.0. The van der Waals surface area contributed by atoms with Gasteiger partial charge in [0, 0.05) is 5.56 Å². The van der Waals surface area contributed by atoms with Crippen molar-refractivity contribution in [3.63, 3.8) is 0 Å². The van der Waals surface area contributed by atoms with Crippen molar-refractivity contribution in [2.75, 3.05) is 6.54 Å². The van der Waals surface area contributed by atoms with E-state index in [1.54, 1.807) is 0 Å². The molecule has 18 heavy (non-hydrogen) atoms. The quantitative estimate of drug-likeness (QED) is 0.781. The summed E-state index contributed by atoms with van der Waals surface area (Å²) in [5, 5.41) is 12.0. The lowest BCUT2D eigenvalue weighted by molar-refractivity contribution is -0.139. The van der Waals surface area contributed by atoms with Crippen LogP contribution in [0.3, 0.4) is 0 Å². The molecule has 0 saturated heterocycles. The van der Waals surface area contributed by atoms with Gasteiger partial charge in [-0.15, -0.1) is 0 Å². The van der Waals surface area contributed by atoms with Crippen LogP contribution in [0.15, 0.2) is 30.3 Å². The Morgan fingerprint density at radius 3 is 2.56 bits per heavy atom. The van der Waals surface area contributed by atoms with Gasteiger partial charge in [0.05, 0.1) is 6.54 Å². The lowest BCUT2D eigenvalue weighted by Gasteiger charge is -2.14. The fraction of sp³-hybridized carbons (Fsp3) is 0.400. The third-order valence-corrected chi connectivity index (χ3v) is 2.45. The smallest absolute Gasteiger partial charge is 0.320 e. The molecular formula is C15H19NO2. The predicted octanol–water partition coefficient (Wildman–Crippen LogP) is 2.13. The molecule has 0 aliphatic rings. The van der Waals surface area contributed by atoms with Gasteiger partial charge in [-0.25, -0.2) is 0 Å². The fourth-order valence-corrected chi connectivity index (χ4v) is 1.58. The number of benzene rings is 1. The predicted molar refractivity (Wildman–Crippen MR) is 72.2 cm³/mol. The maximum Gasteiger partial charge on any atom is 0.320 e. The number of carboxylic acid groups (broad SMARTS) is 1. The molecule has 0 amide bonds. The molecule has 1 aromatic carbocycles. The number of hydrogen-bond donors (Lipinski definition) is 2. The number of carbonyl (C=O) groups is 1. The molecule has 0 aromatic heterocycles. The van der Waals surface area contributed by atoms with E-state index in [9.17, 15) is 4.79 Å². The second-order valence-corrected chi connectivity index (χ2v) is 4.57. The van der Waals surface area contributed by atoms with E-state index in [2.05, 4.69) is 17.2 Å². The Morgan fingerprint density at radius 2 is 2.00 bits per heavy atom. The highest BCUT2D eigenvalue weighted by Crippen LogP contribution is 2.04. The Bertz CT molecular complexity index is 429.